The van der Waals surface area contributed by atoms with Gasteiger partial charge in [0.05, 0.1) is 6.61 Å². The first-order chi connectivity index (χ1) is 7.89. The summed E-state index contributed by atoms with van der Waals surface area (Å²) in [6.45, 7) is 1.42. The van der Waals surface area contributed by atoms with Crippen LogP contribution in [-0.4, -0.2) is 23.5 Å². The fraction of sp³-hybridized carbons (Fsp3) is 0.273. The molecule has 1 atom stereocenters. The van der Waals surface area contributed by atoms with Crippen LogP contribution in [-0.2, 0) is 9.53 Å². The lowest BCUT2D eigenvalue weighted by Crippen LogP contribution is -2.38. The Hall–Kier alpha value is -1.13. The molecule has 0 aromatic heterocycles. The number of ketones is 1. The minimum absolute atomic E-state index is 0.0556. The number of benzene rings is 1. The normalized spacial score (nSPS) is 13.9. The second-order valence-electron chi connectivity index (χ2n) is 3.13. The molecule has 6 heteroatoms. The number of hydrogen-bond acceptors (Lipinski definition) is 3. The lowest BCUT2D eigenvalue weighted by molar-refractivity contribution is -0.149. The molecule has 0 saturated carbocycles. The van der Waals surface area contributed by atoms with Crippen molar-refractivity contribution in [3.63, 3.8) is 0 Å². The molecule has 3 nitrogen and oxygen atoms in total. The zero-order chi connectivity index (χ0) is 13.1. The highest BCUT2D eigenvalue weighted by atomic mass is 35.5. The maximum atomic E-state index is 13.8. The molecule has 0 aliphatic rings. The molecule has 0 radical (unpaired) electrons. The van der Waals surface area contributed by atoms with E-state index in [2.05, 4.69) is 4.74 Å². The molecule has 92 valence electrons. The Kier molecular flexibility index (Phi) is 4.48. The molecule has 0 heterocycles. The van der Waals surface area contributed by atoms with Crippen LogP contribution in [0.5, 0.6) is 0 Å². The quantitative estimate of drug-likeness (QED) is 0.368. The molecule has 0 bridgehead atoms. The molecule has 17 heavy (non-hydrogen) atoms. The van der Waals surface area contributed by atoms with Crippen molar-refractivity contribution in [2.75, 3.05) is 6.61 Å². The standard InChI is InChI=1S/C11H9Cl2FO3/c1-2-17-10(16)11(13,14)9(15)7-3-5-8(12)6-4-7/h3-6H,2H2,1H3. The first kappa shape index (κ1) is 13.9. The van der Waals surface area contributed by atoms with Crippen LogP contribution in [0.1, 0.15) is 17.3 Å². The smallest absolute Gasteiger partial charge is 0.368 e. The summed E-state index contributed by atoms with van der Waals surface area (Å²) in [5.41, 5.74) is -0.0556. The first-order valence-electron chi connectivity index (χ1n) is 4.75. The number of carbonyl (C=O) groups is 2. The van der Waals surface area contributed by atoms with E-state index < -0.39 is 16.9 Å². The van der Waals surface area contributed by atoms with E-state index in [1.54, 1.807) is 0 Å². The van der Waals surface area contributed by atoms with Gasteiger partial charge in [-0.25, -0.2) is 9.18 Å². The van der Waals surface area contributed by atoms with Gasteiger partial charge in [0.1, 0.15) is 0 Å². The van der Waals surface area contributed by atoms with Gasteiger partial charge in [-0.3, -0.25) is 4.79 Å². The molecule has 0 saturated heterocycles. The number of Topliss-reactive ketones (excluding diaryl/α,β-unsaturated/α-hetero) is 1. The molecule has 1 rings (SSSR count). The minimum Gasteiger partial charge on any atom is -0.462 e. The maximum absolute atomic E-state index is 13.8. The number of rotatable bonds is 4. The molecule has 0 spiro atoms. The molecular formula is C11H9Cl2FO3. The van der Waals surface area contributed by atoms with Gasteiger partial charge >= 0.3 is 11.1 Å². The Labute approximate surface area is 107 Å². The van der Waals surface area contributed by atoms with Gasteiger partial charge in [-0.2, -0.15) is 0 Å². The topological polar surface area (TPSA) is 43.4 Å². The summed E-state index contributed by atoms with van der Waals surface area (Å²) in [6.07, 6.45) is 0. The van der Waals surface area contributed by atoms with Crippen molar-refractivity contribution in [3.05, 3.63) is 34.9 Å². The predicted molar refractivity (Wildman–Crippen MR) is 62.1 cm³/mol. The number of alkyl halides is 2. The van der Waals surface area contributed by atoms with Crippen molar-refractivity contribution >= 4 is 35.0 Å². The molecule has 0 amide bonds. The third-order valence-electron chi connectivity index (χ3n) is 1.92. The van der Waals surface area contributed by atoms with Gasteiger partial charge in [0.25, 0.3) is 0 Å². The Morgan fingerprint density at radius 1 is 1.35 bits per heavy atom. The predicted octanol–water partition coefficient (Wildman–Crippen LogP) is 2.99. The minimum atomic E-state index is -3.20. The van der Waals surface area contributed by atoms with Gasteiger partial charge in [-0.05, 0) is 31.2 Å². The van der Waals surface area contributed by atoms with E-state index in [-0.39, 0.29) is 12.2 Å². The second kappa shape index (κ2) is 5.47. The lowest BCUT2D eigenvalue weighted by Gasteiger charge is -2.14. The van der Waals surface area contributed by atoms with E-state index in [1.165, 1.54) is 31.2 Å². The number of carbonyl (C=O) groups excluding carboxylic acids is 2. The summed E-state index contributed by atoms with van der Waals surface area (Å²) in [7, 11) is 0. The Balaban J connectivity index is 2.95. The molecule has 1 unspecified atom stereocenters. The molecule has 0 aliphatic carbocycles. The molecule has 0 fully saturated rings. The molecule has 0 N–H and O–H groups in total. The van der Waals surface area contributed by atoms with Crippen LogP contribution >= 0.6 is 23.2 Å². The van der Waals surface area contributed by atoms with E-state index in [1.807, 2.05) is 0 Å². The van der Waals surface area contributed by atoms with E-state index in [9.17, 15) is 14.0 Å². The Bertz CT molecular complexity index is 429. The number of halogens is 3. The molecular weight excluding hydrogens is 270 g/mol. The van der Waals surface area contributed by atoms with Crippen LogP contribution in [0.2, 0.25) is 5.02 Å². The highest BCUT2D eigenvalue weighted by molar-refractivity contribution is 6.46. The van der Waals surface area contributed by atoms with Crippen LogP contribution in [0.15, 0.2) is 24.3 Å². The zero-order valence-electron chi connectivity index (χ0n) is 8.88. The van der Waals surface area contributed by atoms with E-state index >= 15 is 0 Å². The van der Waals surface area contributed by atoms with Crippen molar-refractivity contribution in [3.8, 4) is 0 Å². The van der Waals surface area contributed by atoms with E-state index in [0.29, 0.717) is 5.02 Å². The summed E-state index contributed by atoms with van der Waals surface area (Å²) in [5.74, 6) is -2.59. The van der Waals surface area contributed by atoms with E-state index in [0.717, 1.165) is 0 Å². The first-order valence-corrected chi connectivity index (χ1v) is 5.50. The van der Waals surface area contributed by atoms with Gasteiger partial charge in [-0.15, -0.1) is 0 Å². The van der Waals surface area contributed by atoms with Crippen molar-refractivity contribution in [2.45, 2.75) is 12.1 Å². The van der Waals surface area contributed by atoms with Crippen LogP contribution in [0.25, 0.3) is 0 Å². The van der Waals surface area contributed by atoms with Crippen molar-refractivity contribution in [1.82, 2.24) is 0 Å². The van der Waals surface area contributed by atoms with Crippen LogP contribution in [0.4, 0.5) is 4.39 Å². The van der Waals surface area contributed by atoms with Crippen molar-refractivity contribution < 1.29 is 18.7 Å². The second-order valence-corrected chi connectivity index (χ2v) is 4.09. The summed E-state index contributed by atoms with van der Waals surface area (Å²) < 4.78 is 18.1. The number of esters is 1. The van der Waals surface area contributed by atoms with Crippen LogP contribution in [0, 0.1) is 0 Å². The van der Waals surface area contributed by atoms with Crippen molar-refractivity contribution in [1.29, 1.82) is 0 Å². The van der Waals surface area contributed by atoms with Gasteiger partial charge in [0.2, 0.25) is 5.78 Å². The van der Waals surface area contributed by atoms with Gasteiger partial charge in [0.15, 0.2) is 0 Å². The maximum Gasteiger partial charge on any atom is 0.368 e. The average molecular weight is 279 g/mol. The van der Waals surface area contributed by atoms with E-state index in [4.69, 9.17) is 23.2 Å². The van der Waals surface area contributed by atoms with Crippen LogP contribution in [0.3, 0.4) is 0 Å². The fourth-order valence-corrected chi connectivity index (χ4v) is 1.39. The Morgan fingerprint density at radius 2 is 1.88 bits per heavy atom. The van der Waals surface area contributed by atoms with Crippen molar-refractivity contribution in [2.24, 2.45) is 0 Å². The zero-order valence-corrected chi connectivity index (χ0v) is 10.4. The van der Waals surface area contributed by atoms with Gasteiger partial charge in [0, 0.05) is 10.6 Å². The van der Waals surface area contributed by atoms with Crippen LogP contribution < -0.4 is 0 Å². The highest BCUT2D eigenvalue weighted by Crippen LogP contribution is 2.25. The summed E-state index contributed by atoms with van der Waals surface area (Å²) in [6, 6.07) is 5.35. The van der Waals surface area contributed by atoms with Gasteiger partial charge < -0.3 is 4.74 Å². The number of hydrogen-bond donors (Lipinski definition) is 0. The van der Waals surface area contributed by atoms with Gasteiger partial charge in [-0.1, -0.05) is 23.2 Å². The fourth-order valence-electron chi connectivity index (χ4n) is 1.10. The molecule has 1 aromatic rings. The summed E-state index contributed by atoms with van der Waals surface area (Å²) in [5, 5.41) is -2.82. The largest absolute Gasteiger partial charge is 0.462 e. The summed E-state index contributed by atoms with van der Waals surface area (Å²) in [4.78, 5) is 22.8. The third-order valence-corrected chi connectivity index (χ3v) is 2.50. The number of ether oxygens (including phenoxy) is 1. The SMILES string of the molecule is CCOC(=O)C(F)(Cl)C(=O)c1ccc(Cl)cc1. The lowest BCUT2D eigenvalue weighted by atomic mass is 10.1. The monoisotopic (exact) mass is 278 g/mol. The molecule has 0 aliphatic heterocycles. The third kappa shape index (κ3) is 3.17. The highest BCUT2D eigenvalue weighted by Gasteiger charge is 2.46. The Morgan fingerprint density at radius 3 is 2.35 bits per heavy atom. The summed E-state index contributed by atoms with van der Waals surface area (Å²) >= 11 is 10.9. The average Bonchev–Trinajstić information content (AvgIpc) is 2.29. The molecule has 1 aromatic carbocycles.